The van der Waals surface area contributed by atoms with E-state index >= 15 is 0 Å². The molecule has 0 bridgehead atoms. The van der Waals surface area contributed by atoms with Crippen molar-refractivity contribution in [3.8, 4) is 5.75 Å². The first-order chi connectivity index (χ1) is 9.92. The van der Waals surface area contributed by atoms with Gasteiger partial charge in [0.2, 0.25) is 0 Å². The van der Waals surface area contributed by atoms with Crippen LogP contribution >= 0.6 is 15.9 Å². The Morgan fingerprint density at radius 2 is 2.00 bits per heavy atom. The summed E-state index contributed by atoms with van der Waals surface area (Å²) in [6.45, 7) is 2.34. The maximum Gasteiger partial charge on any atom is 0.411 e. The highest BCUT2D eigenvalue weighted by Gasteiger charge is 2.27. The molecule has 0 fully saturated rings. The molecule has 0 saturated carbocycles. The van der Waals surface area contributed by atoms with Gasteiger partial charge in [-0.05, 0) is 31.2 Å². The van der Waals surface area contributed by atoms with Gasteiger partial charge in [0, 0.05) is 16.6 Å². The van der Waals surface area contributed by atoms with Crippen LogP contribution in [0.5, 0.6) is 5.75 Å². The number of ether oxygens (including phenoxy) is 2. The lowest BCUT2D eigenvalue weighted by Crippen LogP contribution is -2.20. The Bertz CT molecular complexity index is 427. The van der Waals surface area contributed by atoms with Crippen molar-refractivity contribution in [2.24, 2.45) is 0 Å². The number of rotatable bonds is 9. The van der Waals surface area contributed by atoms with Crippen molar-refractivity contribution in [1.82, 2.24) is 5.32 Å². The summed E-state index contributed by atoms with van der Waals surface area (Å²) in [5, 5.41) is 3.26. The highest BCUT2D eigenvalue weighted by atomic mass is 79.9. The first kappa shape index (κ1) is 18.3. The van der Waals surface area contributed by atoms with E-state index in [9.17, 15) is 13.2 Å². The summed E-state index contributed by atoms with van der Waals surface area (Å²) in [4.78, 5) is 0. The van der Waals surface area contributed by atoms with Gasteiger partial charge in [-0.3, -0.25) is 0 Å². The van der Waals surface area contributed by atoms with Gasteiger partial charge in [-0.25, -0.2) is 0 Å². The molecule has 0 unspecified atom stereocenters. The van der Waals surface area contributed by atoms with Gasteiger partial charge < -0.3 is 14.8 Å². The predicted octanol–water partition coefficient (Wildman–Crippen LogP) is 3.91. The fourth-order valence-corrected chi connectivity index (χ4v) is 2.03. The van der Waals surface area contributed by atoms with Crippen molar-refractivity contribution >= 4 is 15.9 Å². The molecule has 120 valence electrons. The molecule has 7 heteroatoms. The highest BCUT2D eigenvalue weighted by molar-refractivity contribution is 9.10. The normalized spacial score (nSPS) is 11.7. The quantitative estimate of drug-likeness (QED) is 0.669. The molecule has 0 atom stereocenters. The second-order valence-electron chi connectivity index (χ2n) is 4.45. The van der Waals surface area contributed by atoms with Crippen LogP contribution in [0.1, 0.15) is 18.9 Å². The number of nitrogens with one attached hydrogen (secondary N) is 1. The average Bonchev–Trinajstić information content (AvgIpc) is 2.39. The van der Waals surface area contributed by atoms with E-state index < -0.39 is 12.8 Å². The number of benzene rings is 1. The van der Waals surface area contributed by atoms with Crippen LogP contribution in [0, 0.1) is 0 Å². The molecule has 0 spiro atoms. The molecule has 1 rings (SSSR count). The monoisotopic (exact) mass is 369 g/mol. The molecule has 3 nitrogen and oxygen atoms in total. The van der Waals surface area contributed by atoms with Crippen LogP contribution in [0.25, 0.3) is 0 Å². The van der Waals surface area contributed by atoms with Crippen LogP contribution in [0.2, 0.25) is 0 Å². The standard InChI is InChI=1S/C14H19BrF3NO2/c1-2-5-19-9-11-8-12(15)3-4-13(11)21-7-6-20-10-14(16,17)18/h3-4,8,19H,2,5-7,9-10H2,1H3. The molecule has 1 aromatic carbocycles. The Morgan fingerprint density at radius 3 is 2.67 bits per heavy atom. The van der Waals surface area contributed by atoms with Crippen LogP contribution < -0.4 is 10.1 Å². The van der Waals surface area contributed by atoms with Crippen LogP contribution in [0.4, 0.5) is 13.2 Å². The minimum absolute atomic E-state index is 0.0818. The third kappa shape index (κ3) is 8.28. The third-order valence-corrected chi connectivity index (χ3v) is 3.01. The van der Waals surface area contributed by atoms with Gasteiger partial charge in [0.1, 0.15) is 19.0 Å². The van der Waals surface area contributed by atoms with Crippen LogP contribution in [0.3, 0.4) is 0 Å². The summed E-state index contributed by atoms with van der Waals surface area (Å²) in [5.41, 5.74) is 0.952. The summed E-state index contributed by atoms with van der Waals surface area (Å²) in [6, 6.07) is 5.54. The lowest BCUT2D eigenvalue weighted by Gasteiger charge is -2.13. The number of halogens is 4. The molecule has 0 radical (unpaired) electrons. The van der Waals surface area contributed by atoms with E-state index in [1.54, 1.807) is 6.07 Å². The summed E-state index contributed by atoms with van der Waals surface area (Å²) >= 11 is 3.39. The summed E-state index contributed by atoms with van der Waals surface area (Å²) < 4.78 is 46.6. The van der Waals surface area contributed by atoms with Gasteiger partial charge in [-0.1, -0.05) is 22.9 Å². The Hall–Kier alpha value is -0.790. The predicted molar refractivity (Wildman–Crippen MR) is 78.5 cm³/mol. The Morgan fingerprint density at radius 1 is 1.24 bits per heavy atom. The Balaban J connectivity index is 2.42. The van der Waals surface area contributed by atoms with Crippen molar-refractivity contribution in [3.63, 3.8) is 0 Å². The smallest absolute Gasteiger partial charge is 0.411 e. The Kier molecular flexibility index (Phi) is 8.06. The van der Waals surface area contributed by atoms with E-state index in [1.807, 2.05) is 12.1 Å². The highest BCUT2D eigenvalue weighted by Crippen LogP contribution is 2.23. The van der Waals surface area contributed by atoms with E-state index in [4.69, 9.17) is 4.74 Å². The first-order valence-electron chi connectivity index (χ1n) is 6.69. The average molecular weight is 370 g/mol. The zero-order chi connectivity index (χ0) is 15.7. The molecule has 1 aromatic rings. The van der Waals surface area contributed by atoms with Crippen molar-refractivity contribution in [1.29, 1.82) is 0 Å². The molecular weight excluding hydrogens is 351 g/mol. The Labute approximate surface area is 130 Å². The summed E-state index contributed by atoms with van der Waals surface area (Å²) in [6.07, 6.45) is -3.28. The lowest BCUT2D eigenvalue weighted by atomic mass is 10.2. The molecule has 0 aliphatic carbocycles. The van der Waals surface area contributed by atoms with E-state index in [2.05, 4.69) is 32.9 Å². The van der Waals surface area contributed by atoms with Crippen molar-refractivity contribution < 1.29 is 22.6 Å². The van der Waals surface area contributed by atoms with Crippen molar-refractivity contribution in [2.45, 2.75) is 26.1 Å². The van der Waals surface area contributed by atoms with Crippen LogP contribution in [-0.4, -0.2) is 32.5 Å². The number of hydrogen-bond donors (Lipinski definition) is 1. The van der Waals surface area contributed by atoms with E-state index in [0.717, 1.165) is 23.0 Å². The van der Waals surface area contributed by atoms with Gasteiger partial charge in [0.15, 0.2) is 0 Å². The van der Waals surface area contributed by atoms with Crippen LogP contribution in [-0.2, 0) is 11.3 Å². The molecule has 0 heterocycles. The lowest BCUT2D eigenvalue weighted by molar-refractivity contribution is -0.175. The molecular formula is C14H19BrF3NO2. The SMILES string of the molecule is CCCNCc1cc(Br)ccc1OCCOCC(F)(F)F. The number of alkyl halides is 3. The molecule has 0 aromatic heterocycles. The zero-order valence-corrected chi connectivity index (χ0v) is 13.4. The largest absolute Gasteiger partial charge is 0.491 e. The van der Waals surface area contributed by atoms with E-state index in [-0.39, 0.29) is 13.2 Å². The van der Waals surface area contributed by atoms with Gasteiger partial charge in [-0.2, -0.15) is 13.2 Å². The minimum atomic E-state index is -4.30. The van der Waals surface area contributed by atoms with Crippen molar-refractivity contribution in [3.05, 3.63) is 28.2 Å². The number of hydrogen-bond acceptors (Lipinski definition) is 3. The molecule has 0 aliphatic rings. The van der Waals surface area contributed by atoms with Crippen LogP contribution in [0.15, 0.2) is 22.7 Å². The third-order valence-electron chi connectivity index (χ3n) is 2.52. The second kappa shape index (κ2) is 9.27. The maximum absolute atomic E-state index is 11.9. The minimum Gasteiger partial charge on any atom is -0.491 e. The molecule has 0 amide bonds. The topological polar surface area (TPSA) is 30.5 Å². The van der Waals surface area contributed by atoms with E-state index in [0.29, 0.717) is 12.3 Å². The van der Waals surface area contributed by atoms with Gasteiger partial charge in [0.25, 0.3) is 0 Å². The zero-order valence-electron chi connectivity index (χ0n) is 11.8. The van der Waals surface area contributed by atoms with Crippen molar-refractivity contribution in [2.75, 3.05) is 26.4 Å². The van der Waals surface area contributed by atoms with Gasteiger partial charge >= 0.3 is 6.18 Å². The summed E-state index contributed by atoms with van der Waals surface area (Å²) in [7, 11) is 0. The van der Waals surface area contributed by atoms with E-state index in [1.165, 1.54) is 0 Å². The maximum atomic E-state index is 11.9. The molecule has 0 saturated heterocycles. The molecule has 21 heavy (non-hydrogen) atoms. The van der Waals surface area contributed by atoms with Gasteiger partial charge in [-0.15, -0.1) is 0 Å². The molecule has 1 N–H and O–H groups in total. The first-order valence-corrected chi connectivity index (χ1v) is 7.48. The van der Waals surface area contributed by atoms with Gasteiger partial charge in [0.05, 0.1) is 6.61 Å². The molecule has 0 aliphatic heterocycles. The fraction of sp³-hybridized carbons (Fsp3) is 0.571. The second-order valence-corrected chi connectivity index (χ2v) is 5.36. The summed E-state index contributed by atoms with van der Waals surface area (Å²) in [5.74, 6) is 0.650. The fourth-order valence-electron chi connectivity index (χ4n) is 1.63.